The summed E-state index contributed by atoms with van der Waals surface area (Å²) in [7, 11) is 0. The van der Waals surface area contributed by atoms with Crippen molar-refractivity contribution in [3.05, 3.63) is 35.4 Å². The van der Waals surface area contributed by atoms with E-state index in [9.17, 15) is 4.79 Å². The van der Waals surface area contributed by atoms with Crippen LogP contribution in [0.15, 0.2) is 18.2 Å². The number of hydrogen-bond donors (Lipinski definition) is 0. The van der Waals surface area contributed by atoms with Crippen molar-refractivity contribution >= 4 is 5.78 Å². The summed E-state index contributed by atoms with van der Waals surface area (Å²) in [5.41, 5.74) is 2.08. The van der Waals surface area contributed by atoms with E-state index in [1.54, 1.807) is 6.07 Å². The van der Waals surface area contributed by atoms with Crippen LogP contribution in [-0.4, -0.2) is 5.78 Å². The van der Waals surface area contributed by atoms with Crippen LogP contribution >= 0.6 is 0 Å². The number of carbonyl (C=O) groups excluding carboxylic acids is 1. The summed E-state index contributed by atoms with van der Waals surface area (Å²) in [6.07, 6.45) is 2.77. The molecule has 0 atom stereocenters. The zero-order valence-electron chi connectivity index (χ0n) is 6.26. The van der Waals surface area contributed by atoms with Gasteiger partial charge in [-0.25, -0.2) is 0 Å². The van der Waals surface area contributed by atoms with E-state index >= 15 is 0 Å². The van der Waals surface area contributed by atoms with Crippen molar-refractivity contribution in [3.8, 4) is 0 Å². The van der Waals surface area contributed by atoms with Crippen LogP contribution < -0.4 is 0 Å². The Bertz CT molecular complexity index is 289. The molecule has 1 aromatic carbocycles. The van der Waals surface area contributed by atoms with Gasteiger partial charge < -0.3 is 0 Å². The van der Waals surface area contributed by atoms with E-state index < -0.39 is 0 Å². The molecular formula is C10H9O. The standard InChI is InChI=1S/C10H9O/c11-10-7-3-5-8-4-1-2-6-9(8)10/h1,4,6H,3,5,7H2. The van der Waals surface area contributed by atoms with Crippen LogP contribution in [0.4, 0.5) is 0 Å². The average Bonchev–Trinajstić information content (AvgIpc) is 2.06. The van der Waals surface area contributed by atoms with Gasteiger partial charge in [0.2, 0.25) is 0 Å². The Morgan fingerprint density at radius 3 is 3.09 bits per heavy atom. The summed E-state index contributed by atoms with van der Waals surface area (Å²) in [5, 5.41) is 0. The molecule has 1 aliphatic carbocycles. The monoisotopic (exact) mass is 145 g/mol. The fourth-order valence-electron chi connectivity index (χ4n) is 1.51. The summed E-state index contributed by atoms with van der Waals surface area (Å²) in [5.74, 6) is 0.281. The minimum Gasteiger partial charge on any atom is -0.294 e. The predicted molar refractivity (Wildman–Crippen MR) is 42.5 cm³/mol. The van der Waals surface area contributed by atoms with Crippen LogP contribution in [0.1, 0.15) is 28.8 Å². The maximum atomic E-state index is 11.3. The molecule has 0 saturated heterocycles. The van der Waals surface area contributed by atoms with E-state index in [4.69, 9.17) is 0 Å². The van der Waals surface area contributed by atoms with Gasteiger partial charge in [0.1, 0.15) is 0 Å². The first kappa shape index (κ1) is 6.59. The van der Waals surface area contributed by atoms with Gasteiger partial charge in [-0.3, -0.25) is 4.79 Å². The zero-order valence-corrected chi connectivity index (χ0v) is 6.26. The summed E-state index contributed by atoms with van der Waals surface area (Å²) >= 11 is 0. The molecule has 0 aliphatic heterocycles. The maximum absolute atomic E-state index is 11.3. The number of hydrogen-bond acceptors (Lipinski definition) is 1. The number of carbonyl (C=O) groups is 1. The van der Waals surface area contributed by atoms with Crippen LogP contribution in [0, 0.1) is 6.07 Å². The molecule has 0 heterocycles. The smallest absolute Gasteiger partial charge is 0.163 e. The molecule has 1 heteroatoms. The predicted octanol–water partition coefficient (Wildman–Crippen LogP) is 2.01. The lowest BCUT2D eigenvalue weighted by molar-refractivity contribution is 0.0972. The summed E-state index contributed by atoms with van der Waals surface area (Å²) in [6.45, 7) is 0. The van der Waals surface area contributed by atoms with Crippen molar-refractivity contribution in [1.82, 2.24) is 0 Å². The first-order chi connectivity index (χ1) is 5.38. The Hall–Kier alpha value is -1.11. The van der Waals surface area contributed by atoms with Gasteiger partial charge >= 0.3 is 0 Å². The van der Waals surface area contributed by atoms with Crippen molar-refractivity contribution in [3.63, 3.8) is 0 Å². The number of ketones is 1. The second kappa shape index (κ2) is 2.50. The number of fused-ring (bicyclic) bond motifs is 1. The molecule has 0 saturated carbocycles. The Kier molecular flexibility index (Phi) is 1.50. The fourth-order valence-corrected chi connectivity index (χ4v) is 1.51. The topological polar surface area (TPSA) is 17.1 Å². The minimum atomic E-state index is 0.281. The van der Waals surface area contributed by atoms with E-state index in [2.05, 4.69) is 6.07 Å². The summed E-state index contributed by atoms with van der Waals surface area (Å²) in [6, 6.07) is 8.60. The first-order valence-electron chi connectivity index (χ1n) is 3.90. The van der Waals surface area contributed by atoms with Crippen LogP contribution in [-0.2, 0) is 6.42 Å². The lowest BCUT2D eigenvalue weighted by atomic mass is 9.91. The van der Waals surface area contributed by atoms with Crippen LogP contribution in [0.25, 0.3) is 0 Å². The van der Waals surface area contributed by atoms with Crippen molar-refractivity contribution in [2.75, 3.05) is 0 Å². The van der Waals surface area contributed by atoms with Gasteiger partial charge in [-0.2, -0.15) is 0 Å². The van der Waals surface area contributed by atoms with Crippen molar-refractivity contribution in [2.24, 2.45) is 0 Å². The number of rotatable bonds is 0. The third-order valence-electron chi connectivity index (χ3n) is 2.10. The van der Waals surface area contributed by atoms with Crippen LogP contribution in [0.2, 0.25) is 0 Å². The minimum absolute atomic E-state index is 0.281. The number of Topliss-reactive ketones (excluding diaryl/α,β-unsaturated/α-hetero) is 1. The molecule has 1 radical (unpaired) electrons. The van der Waals surface area contributed by atoms with Crippen molar-refractivity contribution in [1.29, 1.82) is 0 Å². The van der Waals surface area contributed by atoms with Gasteiger partial charge in [-0.05, 0) is 30.5 Å². The molecule has 0 aromatic heterocycles. The van der Waals surface area contributed by atoms with Gasteiger partial charge in [-0.15, -0.1) is 0 Å². The van der Waals surface area contributed by atoms with E-state index in [0.717, 1.165) is 18.4 Å². The first-order valence-corrected chi connectivity index (χ1v) is 3.90. The third kappa shape index (κ3) is 1.07. The molecule has 2 rings (SSSR count). The quantitative estimate of drug-likeness (QED) is 0.545. The van der Waals surface area contributed by atoms with Crippen LogP contribution in [0.3, 0.4) is 0 Å². The van der Waals surface area contributed by atoms with Gasteiger partial charge in [-0.1, -0.05) is 12.1 Å². The Labute approximate surface area is 66.0 Å². The molecule has 0 spiro atoms. The maximum Gasteiger partial charge on any atom is 0.163 e. The van der Waals surface area contributed by atoms with E-state index in [1.165, 1.54) is 5.56 Å². The molecule has 1 nitrogen and oxygen atoms in total. The molecule has 11 heavy (non-hydrogen) atoms. The molecule has 0 amide bonds. The van der Waals surface area contributed by atoms with E-state index in [0.29, 0.717) is 6.42 Å². The largest absolute Gasteiger partial charge is 0.294 e. The normalized spacial score (nSPS) is 16.2. The summed E-state index contributed by atoms with van der Waals surface area (Å²) < 4.78 is 0. The second-order valence-electron chi connectivity index (χ2n) is 2.86. The lowest BCUT2D eigenvalue weighted by Gasteiger charge is -2.12. The molecule has 1 aromatic rings. The van der Waals surface area contributed by atoms with E-state index in [1.807, 2.05) is 12.1 Å². The van der Waals surface area contributed by atoms with Crippen molar-refractivity contribution in [2.45, 2.75) is 19.3 Å². The highest BCUT2D eigenvalue weighted by molar-refractivity contribution is 5.98. The summed E-state index contributed by atoms with van der Waals surface area (Å²) in [4.78, 5) is 11.3. The van der Waals surface area contributed by atoms with E-state index in [-0.39, 0.29) is 5.78 Å². The highest BCUT2D eigenvalue weighted by Gasteiger charge is 2.15. The second-order valence-corrected chi connectivity index (χ2v) is 2.86. The highest BCUT2D eigenvalue weighted by atomic mass is 16.1. The Balaban J connectivity index is 2.52. The molecule has 0 N–H and O–H groups in total. The molecule has 1 aliphatic rings. The Morgan fingerprint density at radius 1 is 1.36 bits per heavy atom. The molecule has 0 fully saturated rings. The van der Waals surface area contributed by atoms with Gasteiger partial charge in [0.15, 0.2) is 5.78 Å². The van der Waals surface area contributed by atoms with Crippen LogP contribution in [0.5, 0.6) is 0 Å². The molecule has 0 bridgehead atoms. The molecule has 0 unspecified atom stereocenters. The average molecular weight is 145 g/mol. The number of aryl methyl sites for hydroxylation is 1. The molecular weight excluding hydrogens is 136 g/mol. The molecule has 55 valence electrons. The van der Waals surface area contributed by atoms with Gasteiger partial charge in [0.05, 0.1) is 0 Å². The zero-order chi connectivity index (χ0) is 7.68. The third-order valence-corrected chi connectivity index (χ3v) is 2.10. The number of benzene rings is 1. The fraction of sp³-hybridized carbons (Fsp3) is 0.300. The highest BCUT2D eigenvalue weighted by Crippen LogP contribution is 2.19. The van der Waals surface area contributed by atoms with Gasteiger partial charge in [0, 0.05) is 12.0 Å². The lowest BCUT2D eigenvalue weighted by Crippen LogP contribution is -2.09. The Morgan fingerprint density at radius 2 is 2.27 bits per heavy atom. The SMILES string of the molecule is O=C1CCCc2cc[c]cc21. The van der Waals surface area contributed by atoms with Crippen molar-refractivity contribution < 1.29 is 4.79 Å². The van der Waals surface area contributed by atoms with Gasteiger partial charge in [0.25, 0.3) is 0 Å².